The third-order valence-electron chi connectivity index (χ3n) is 14.9. The van der Waals surface area contributed by atoms with Gasteiger partial charge in [-0.25, -0.2) is 0 Å². The summed E-state index contributed by atoms with van der Waals surface area (Å²) >= 11 is 0. The van der Waals surface area contributed by atoms with E-state index in [1.807, 2.05) is 39.0 Å². The van der Waals surface area contributed by atoms with Gasteiger partial charge in [-0.15, -0.1) is 0 Å². The van der Waals surface area contributed by atoms with E-state index in [-0.39, 0.29) is 66.8 Å². The highest BCUT2D eigenvalue weighted by Gasteiger charge is 2.60. The van der Waals surface area contributed by atoms with Crippen LogP contribution in [0, 0.1) is 23.7 Å². The van der Waals surface area contributed by atoms with E-state index in [0.717, 1.165) is 12.0 Å². The number of methoxy groups -OCH3 is 2. The molecule has 1 spiro atoms. The van der Waals surface area contributed by atoms with Crippen molar-refractivity contribution in [1.82, 2.24) is 5.32 Å². The van der Waals surface area contributed by atoms with Gasteiger partial charge in [0.2, 0.25) is 5.91 Å². The number of rotatable bonds is 9. The quantitative estimate of drug-likeness (QED) is 0.106. The molecular weight excluding hydrogens is 853 g/mol. The standard InChI is InChI=1S/C50H74N2O14/c1-12-26(2)45-29(5)18-19-49(66-45)24-36-21-35(65-49)17-16-28(4)44(27(3)14-13-15-34-25-59-47-42(52-56)30(6)20-37(48(54)62-36)50(34,47)55)63-41-23-39(58-11)46(32(8)61-41)64-40-22-38(57-10)43(31(7)60-40)51-33(9)53/h13-16,18-20,26-27,29,31-32,35-41,43-47,55-56H,12,17,21-25H2,1-11H3,(H,51,53)/b14-13+,28-16+,34-15+,52-42+. The van der Waals surface area contributed by atoms with Gasteiger partial charge in [-0.2, -0.15) is 0 Å². The van der Waals surface area contributed by atoms with Crippen LogP contribution >= 0.6 is 0 Å². The summed E-state index contributed by atoms with van der Waals surface area (Å²) in [4.78, 5) is 26.4. The summed E-state index contributed by atoms with van der Waals surface area (Å²) in [7, 11) is 3.26. The number of ether oxygens (including phenoxy) is 10. The summed E-state index contributed by atoms with van der Waals surface area (Å²) in [6.07, 6.45) is 10.3. The fourth-order valence-electron chi connectivity index (χ4n) is 11.0. The van der Waals surface area contributed by atoms with E-state index in [4.69, 9.17) is 47.4 Å². The average Bonchev–Trinajstić information content (AvgIpc) is 3.61. The maximum Gasteiger partial charge on any atom is 0.316 e. The van der Waals surface area contributed by atoms with E-state index in [1.54, 1.807) is 33.3 Å². The van der Waals surface area contributed by atoms with E-state index in [2.05, 4.69) is 50.3 Å². The Labute approximate surface area is 390 Å². The maximum absolute atomic E-state index is 14.4. The summed E-state index contributed by atoms with van der Waals surface area (Å²) in [5.74, 6) is -2.85. The molecule has 2 bridgehead atoms. The average molecular weight is 927 g/mol. The summed E-state index contributed by atoms with van der Waals surface area (Å²) in [6, 6.07) is -0.319. The summed E-state index contributed by atoms with van der Waals surface area (Å²) in [6.45, 7) is 17.6. The van der Waals surface area contributed by atoms with Crippen LogP contribution < -0.4 is 5.32 Å². The van der Waals surface area contributed by atoms with Crippen LogP contribution in [-0.2, 0) is 57.0 Å². The lowest BCUT2D eigenvalue weighted by molar-refractivity contribution is -0.311. The number of amides is 1. The Morgan fingerprint density at radius 3 is 2.38 bits per heavy atom. The summed E-state index contributed by atoms with van der Waals surface area (Å²) < 4.78 is 64.5. The molecule has 0 aromatic rings. The molecule has 0 aromatic carbocycles. The van der Waals surface area contributed by atoms with Crippen LogP contribution in [0.3, 0.4) is 0 Å². The molecule has 4 saturated heterocycles. The highest BCUT2D eigenvalue weighted by molar-refractivity contribution is 6.07. The van der Waals surface area contributed by atoms with Crippen molar-refractivity contribution in [3.8, 4) is 0 Å². The van der Waals surface area contributed by atoms with Crippen LogP contribution in [0.4, 0.5) is 0 Å². The van der Waals surface area contributed by atoms with Gasteiger partial charge in [0.25, 0.3) is 0 Å². The number of fused-ring (bicyclic) bond motifs is 2. The summed E-state index contributed by atoms with van der Waals surface area (Å²) in [5.41, 5.74) is 0.180. The zero-order chi connectivity index (χ0) is 47.7. The molecule has 1 aliphatic carbocycles. The number of carbonyl (C=O) groups excluding carboxylic acids is 2. The van der Waals surface area contributed by atoms with Crippen molar-refractivity contribution in [2.75, 3.05) is 20.8 Å². The number of nitrogens with one attached hydrogen (secondary N) is 1. The highest BCUT2D eigenvalue weighted by Crippen LogP contribution is 2.46. The molecule has 0 aromatic heterocycles. The number of carbonyl (C=O) groups is 2. The zero-order valence-electron chi connectivity index (χ0n) is 40.5. The van der Waals surface area contributed by atoms with Crippen LogP contribution in [0.2, 0.25) is 0 Å². The molecule has 16 heteroatoms. The van der Waals surface area contributed by atoms with E-state index in [0.29, 0.717) is 36.8 Å². The molecule has 0 saturated carbocycles. The molecule has 16 nitrogen and oxygen atoms in total. The Kier molecular flexibility index (Phi) is 16.2. The van der Waals surface area contributed by atoms with Crippen LogP contribution in [0.25, 0.3) is 0 Å². The summed E-state index contributed by atoms with van der Waals surface area (Å²) in [5, 5.41) is 29.1. The van der Waals surface area contributed by atoms with E-state index in [9.17, 15) is 19.9 Å². The molecule has 66 heavy (non-hydrogen) atoms. The number of oxime groups is 1. The number of esters is 1. The Balaban J connectivity index is 1.17. The number of hydrogen-bond donors (Lipinski definition) is 3. The first kappa shape index (κ1) is 50.6. The van der Waals surface area contributed by atoms with Gasteiger partial charge in [0.1, 0.15) is 35.5 Å². The van der Waals surface area contributed by atoms with Crippen LogP contribution in [-0.4, -0.2) is 140 Å². The first-order valence-electron chi connectivity index (χ1n) is 23.9. The van der Waals surface area contributed by atoms with Crippen LogP contribution in [0.15, 0.2) is 64.4 Å². The maximum atomic E-state index is 14.4. The molecule has 7 rings (SSSR count). The van der Waals surface area contributed by atoms with Gasteiger partial charge in [-0.05, 0) is 62.8 Å². The van der Waals surface area contributed by atoms with E-state index >= 15 is 0 Å². The first-order valence-corrected chi connectivity index (χ1v) is 23.9. The number of hydrogen-bond acceptors (Lipinski definition) is 15. The highest BCUT2D eigenvalue weighted by atomic mass is 16.7. The van der Waals surface area contributed by atoms with Gasteiger partial charge >= 0.3 is 5.97 Å². The smallest absolute Gasteiger partial charge is 0.316 e. The van der Waals surface area contributed by atoms with Gasteiger partial charge in [0.05, 0.1) is 55.4 Å². The van der Waals surface area contributed by atoms with Crippen molar-refractivity contribution in [3.63, 3.8) is 0 Å². The number of nitrogens with zero attached hydrogens (tertiary/aromatic N) is 1. The fraction of sp³-hybridized carbons (Fsp3) is 0.740. The molecule has 19 atom stereocenters. The van der Waals surface area contributed by atoms with Gasteiger partial charge in [0.15, 0.2) is 18.4 Å². The van der Waals surface area contributed by atoms with Gasteiger partial charge in [-0.3, -0.25) is 9.59 Å². The lowest BCUT2D eigenvalue weighted by Gasteiger charge is -2.48. The molecular formula is C50H74N2O14. The van der Waals surface area contributed by atoms with E-state index < -0.39 is 78.6 Å². The van der Waals surface area contributed by atoms with Crippen molar-refractivity contribution in [2.45, 2.75) is 192 Å². The largest absolute Gasteiger partial charge is 0.462 e. The third kappa shape index (κ3) is 10.5. The minimum absolute atomic E-state index is 0.00120. The van der Waals surface area contributed by atoms with Gasteiger partial charge < -0.3 is 63.0 Å². The van der Waals surface area contributed by atoms with Gasteiger partial charge in [-0.1, -0.05) is 75.7 Å². The molecule has 3 N–H and O–H groups in total. The molecule has 1 amide bonds. The molecule has 19 unspecified atom stereocenters. The van der Waals surface area contributed by atoms with Crippen molar-refractivity contribution in [2.24, 2.45) is 28.8 Å². The molecule has 6 heterocycles. The Morgan fingerprint density at radius 1 is 0.970 bits per heavy atom. The van der Waals surface area contributed by atoms with Crippen molar-refractivity contribution in [3.05, 3.63) is 59.3 Å². The van der Waals surface area contributed by atoms with Gasteiger partial charge in [0, 0.05) is 58.7 Å². The molecule has 0 radical (unpaired) electrons. The van der Waals surface area contributed by atoms with Crippen LogP contribution in [0.5, 0.6) is 0 Å². The first-order chi connectivity index (χ1) is 31.4. The molecule has 7 aliphatic rings. The minimum Gasteiger partial charge on any atom is -0.462 e. The van der Waals surface area contributed by atoms with Crippen molar-refractivity contribution < 1.29 is 67.3 Å². The normalized spacial score (nSPS) is 46.3. The van der Waals surface area contributed by atoms with Crippen LogP contribution in [0.1, 0.15) is 101 Å². The fourth-order valence-corrected chi connectivity index (χ4v) is 11.0. The Hall–Kier alpha value is -3.29. The Morgan fingerprint density at radius 2 is 1.68 bits per heavy atom. The second kappa shape index (κ2) is 21.1. The second-order valence-corrected chi connectivity index (χ2v) is 19.6. The second-order valence-electron chi connectivity index (χ2n) is 19.6. The number of aliphatic hydroxyl groups is 1. The third-order valence-corrected chi connectivity index (χ3v) is 14.9. The zero-order valence-corrected chi connectivity index (χ0v) is 40.5. The van der Waals surface area contributed by atoms with Crippen molar-refractivity contribution >= 4 is 17.6 Å². The predicted molar refractivity (Wildman–Crippen MR) is 242 cm³/mol. The molecule has 6 aliphatic heterocycles. The van der Waals surface area contributed by atoms with E-state index in [1.165, 1.54) is 6.92 Å². The predicted octanol–water partition coefficient (Wildman–Crippen LogP) is 5.99. The molecule has 4 fully saturated rings. The minimum atomic E-state index is -1.88. The monoisotopic (exact) mass is 927 g/mol. The van der Waals surface area contributed by atoms with Crippen molar-refractivity contribution in [1.29, 1.82) is 0 Å². The number of allylic oxidation sites excluding steroid dienone is 2. The lowest BCUT2D eigenvalue weighted by Crippen LogP contribution is -2.58. The topological polar surface area (TPSA) is 191 Å². The SMILES string of the molecule is CCC(C)C1OC2(C=CC1C)CC1CC(C/C=C(\C)C(OC3CC(OC)C(OC4CC(OC)C(NC(C)=O)C(C)O4)C(C)O3)C(C)/C=C/C=C3\COC4/C(=N/O)C(C)=CC(C(=O)O1)C34O)O2. The lowest BCUT2D eigenvalue weighted by atomic mass is 9.71. The molecule has 368 valence electrons. The Bertz CT molecular complexity index is 1930.